The number of aromatic hydroxyl groups is 1. The molecule has 1 unspecified atom stereocenters. The average Bonchev–Trinajstić information content (AvgIpc) is 2.83. The van der Waals surface area contributed by atoms with Crippen LogP contribution in [0.25, 0.3) is 11.3 Å². The van der Waals surface area contributed by atoms with Crippen LogP contribution in [0.3, 0.4) is 0 Å². The largest absolute Gasteiger partial charge is 0.507 e. The van der Waals surface area contributed by atoms with Crippen LogP contribution in [0.15, 0.2) is 24.4 Å². The Morgan fingerprint density at radius 3 is 1.96 bits per heavy atom. The number of hydrogen-bond acceptors (Lipinski definition) is 3. The third-order valence-corrected chi connectivity index (χ3v) is 4.11. The van der Waals surface area contributed by atoms with Crippen molar-refractivity contribution in [1.29, 1.82) is 0 Å². The van der Waals surface area contributed by atoms with Crippen LogP contribution < -0.4 is 0 Å². The van der Waals surface area contributed by atoms with Crippen LogP contribution in [0.4, 0.5) is 0 Å². The molecule has 0 saturated heterocycles. The lowest BCUT2D eigenvalue weighted by molar-refractivity contribution is 0.168. The number of phenols is 1. The highest BCUT2D eigenvalue weighted by atomic mass is 16.3. The summed E-state index contributed by atoms with van der Waals surface area (Å²) >= 11 is 0. The third-order valence-electron chi connectivity index (χ3n) is 4.11. The summed E-state index contributed by atoms with van der Waals surface area (Å²) < 4.78 is 1.75. The molecule has 0 aliphatic heterocycles. The van der Waals surface area contributed by atoms with Crippen LogP contribution in [0.5, 0.6) is 5.75 Å². The first-order valence-corrected chi connectivity index (χ1v) is 8.49. The maximum absolute atomic E-state index is 10.8. The molecule has 1 aromatic carbocycles. The predicted octanol–water partition coefficient (Wildman–Crippen LogP) is 4.23. The number of aromatic nitrogens is 2. The molecule has 0 fully saturated rings. The van der Waals surface area contributed by atoms with Gasteiger partial charge in [0.2, 0.25) is 0 Å². The highest BCUT2D eigenvalue weighted by molar-refractivity contribution is 5.66. The molecule has 4 nitrogen and oxygen atoms in total. The van der Waals surface area contributed by atoms with Crippen molar-refractivity contribution in [1.82, 2.24) is 9.78 Å². The van der Waals surface area contributed by atoms with Crippen LogP contribution in [0, 0.1) is 0 Å². The minimum Gasteiger partial charge on any atom is -0.507 e. The van der Waals surface area contributed by atoms with Crippen molar-refractivity contribution in [2.24, 2.45) is 0 Å². The van der Waals surface area contributed by atoms with Gasteiger partial charge in [-0.3, -0.25) is 4.68 Å². The standard InChI is InChI=1S/C20H30N2O2/c1-13(23)12-22-9-8-17(21-22)14-10-15(19(2,3)4)18(24)16(11-14)20(5,6)7/h8-11,13,23-24H,12H2,1-7H3. The lowest BCUT2D eigenvalue weighted by Gasteiger charge is -2.28. The Morgan fingerprint density at radius 1 is 1.04 bits per heavy atom. The van der Waals surface area contributed by atoms with Gasteiger partial charge < -0.3 is 10.2 Å². The zero-order valence-electron chi connectivity index (χ0n) is 15.9. The lowest BCUT2D eigenvalue weighted by atomic mass is 9.78. The van der Waals surface area contributed by atoms with Gasteiger partial charge in [0.1, 0.15) is 5.75 Å². The molecule has 0 radical (unpaired) electrons. The second-order valence-corrected chi connectivity index (χ2v) is 8.69. The zero-order valence-corrected chi connectivity index (χ0v) is 15.9. The molecule has 1 aromatic heterocycles. The first-order chi connectivity index (χ1) is 10.9. The molecule has 1 atom stereocenters. The minimum atomic E-state index is -0.437. The van der Waals surface area contributed by atoms with Gasteiger partial charge in [-0.15, -0.1) is 0 Å². The molecule has 2 aromatic rings. The molecule has 0 aliphatic carbocycles. The number of rotatable bonds is 3. The Bertz CT molecular complexity index is 681. The molecule has 0 spiro atoms. The first-order valence-electron chi connectivity index (χ1n) is 8.49. The number of aliphatic hydroxyl groups is 1. The summed E-state index contributed by atoms with van der Waals surface area (Å²) in [5.74, 6) is 0.377. The van der Waals surface area contributed by atoms with E-state index in [1.54, 1.807) is 11.6 Å². The van der Waals surface area contributed by atoms with Crippen molar-refractivity contribution in [3.8, 4) is 17.0 Å². The van der Waals surface area contributed by atoms with E-state index in [9.17, 15) is 10.2 Å². The molecular formula is C20H30N2O2. The first kappa shape index (κ1) is 18.5. The number of hydrogen-bond donors (Lipinski definition) is 2. The average molecular weight is 330 g/mol. The fraction of sp³-hybridized carbons (Fsp3) is 0.550. The summed E-state index contributed by atoms with van der Waals surface area (Å²) in [7, 11) is 0. The van der Waals surface area contributed by atoms with Crippen LogP contribution >= 0.6 is 0 Å². The van der Waals surface area contributed by atoms with E-state index in [0.717, 1.165) is 22.4 Å². The molecule has 0 amide bonds. The Hall–Kier alpha value is -1.81. The fourth-order valence-electron chi connectivity index (χ4n) is 2.81. The van der Waals surface area contributed by atoms with Crippen LogP contribution in [-0.2, 0) is 17.4 Å². The van der Waals surface area contributed by atoms with Crippen molar-refractivity contribution >= 4 is 0 Å². The van der Waals surface area contributed by atoms with Gasteiger partial charge in [0.15, 0.2) is 0 Å². The second kappa shape index (κ2) is 6.25. The van der Waals surface area contributed by atoms with Crippen molar-refractivity contribution in [2.45, 2.75) is 71.9 Å². The molecule has 24 heavy (non-hydrogen) atoms. The van der Waals surface area contributed by atoms with Gasteiger partial charge in [-0.25, -0.2) is 0 Å². The number of aliphatic hydroxyl groups excluding tert-OH is 1. The summed E-state index contributed by atoms with van der Waals surface area (Å²) in [6, 6.07) is 6.01. The maximum Gasteiger partial charge on any atom is 0.123 e. The van der Waals surface area contributed by atoms with E-state index in [2.05, 4.69) is 46.6 Å². The molecule has 4 heteroatoms. The Labute approximate surface area is 145 Å². The molecule has 2 N–H and O–H groups in total. The van der Waals surface area contributed by atoms with Gasteiger partial charge in [-0.1, -0.05) is 41.5 Å². The second-order valence-electron chi connectivity index (χ2n) is 8.69. The Morgan fingerprint density at radius 2 is 1.54 bits per heavy atom. The van der Waals surface area contributed by atoms with Gasteiger partial charge in [0.05, 0.1) is 18.3 Å². The lowest BCUT2D eigenvalue weighted by Crippen LogP contribution is -2.17. The van der Waals surface area contributed by atoms with Crippen molar-refractivity contribution in [3.63, 3.8) is 0 Å². The van der Waals surface area contributed by atoms with Crippen molar-refractivity contribution < 1.29 is 10.2 Å². The summed E-state index contributed by atoms with van der Waals surface area (Å²) in [5, 5.41) is 24.9. The normalized spacial score (nSPS) is 14.0. The van der Waals surface area contributed by atoms with Gasteiger partial charge in [-0.2, -0.15) is 5.10 Å². The number of benzene rings is 1. The zero-order chi connectivity index (χ0) is 18.3. The molecule has 2 rings (SSSR count). The summed E-state index contributed by atoms with van der Waals surface area (Å²) in [4.78, 5) is 0. The minimum absolute atomic E-state index is 0.164. The van der Waals surface area contributed by atoms with E-state index in [1.807, 2.05) is 24.4 Å². The molecular weight excluding hydrogens is 300 g/mol. The van der Waals surface area contributed by atoms with Crippen LogP contribution in [0.2, 0.25) is 0 Å². The molecule has 0 aliphatic rings. The van der Waals surface area contributed by atoms with Crippen molar-refractivity contribution in [3.05, 3.63) is 35.5 Å². The van der Waals surface area contributed by atoms with Gasteiger partial charge >= 0.3 is 0 Å². The molecule has 1 heterocycles. The maximum atomic E-state index is 10.8. The number of phenolic OH excluding ortho intramolecular Hbond substituents is 1. The monoisotopic (exact) mass is 330 g/mol. The quantitative estimate of drug-likeness (QED) is 0.885. The van der Waals surface area contributed by atoms with Gasteiger partial charge in [-0.05, 0) is 36.0 Å². The highest BCUT2D eigenvalue weighted by Gasteiger charge is 2.27. The van der Waals surface area contributed by atoms with E-state index >= 15 is 0 Å². The van der Waals surface area contributed by atoms with Crippen molar-refractivity contribution in [2.75, 3.05) is 0 Å². The summed E-state index contributed by atoms with van der Waals surface area (Å²) in [5.41, 5.74) is 3.37. The predicted molar refractivity (Wildman–Crippen MR) is 98.4 cm³/mol. The topological polar surface area (TPSA) is 58.3 Å². The summed E-state index contributed by atoms with van der Waals surface area (Å²) in [6.07, 6.45) is 1.44. The SMILES string of the molecule is CC(O)Cn1ccc(-c2cc(C(C)(C)C)c(O)c(C(C)(C)C)c2)n1. The number of nitrogens with zero attached hydrogens (tertiary/aromatic N) is 2. The van der Waals surface area contributed by atoms with Crippen LogP contribution in [-0.4, -0.2) is 26.1 Å². The van der Waals surface area contributed by atoms with E-state index in [4.69, 9.17) is 0 Å². The van der Waals surface area contributed by atoms with E-state index in [0.29, 0.717) is 12.3 Å². The van der Waals surface area contributed by atoms with E-state index in [1.165, 1.54) is 0 Å². The Balaban J connectivity index is 2.60. The van der Waals surface area contributed by atoms with E-state index < -0.39 is 6.10 Å². The molecule has 132 valence electrons. The van der Waals surface area contributed by atoms with Crippen LogP contribution in [0.1, 0.15) is 59.6 Å². The fourth-order valence-corrected chi connectivity index (χ4v) is 2.81. The third kappa shape index (κ3) is 3.99. The molecule has 0 saturated carbocycles. The molecule has 0 bridgehead atoms. The van der Waals surface area contributed by atoms with E-state index in [-0.39, 0.29) is 10.8 Å². The highest BCUT2D eigenvalue weighted by Crippen LogP contribution is 2.41. The van der Waals surface area contributed by atoms with Gasteiger partial charge in [0, 0.05) is 22.9 Å². The smallest absolute Gasteiger partial charge is 0.123 e. The summed E-state index contributed by atoms with van der Waals surface area (Å²) in [6.45, 7) is 14.8. The Kier molecular flexibility index (Phi) is 4.82. The van der Waals surface area contributed by atoms with Gasteiger partial charge in [0.25, 0.3) is 0 Å².